The quantitative estimate of drug-likeness (QED) is 0.600. The van der Waals surface area contributed by atoms with Gasteiger partial charge in [0.25, 0.3) is 0 Å². The van der Waals surface area contributed by atoms with Crippen molar-refractivity contribution in [2.24, 2.45) is 5.92 Å². The van der Waals surface area contributed by atoms with Crippen molar-refractivity contribution in [3.63, 3.8) is 0 Å². The van der Waals surface area contributed by atoms with Gasteiger partial charge in [-0.1, -0.05) is 0 Å². The molecule has 16 heavy (non-hydrogen) atoms. The maximum atomic E-state index is 11.8. The van der Waals surface area contributed by atoms with E-state index in [0.29, 0.717) is 13.0 Å². The van der Waals surface area contributed by atoms with Gasteiger partial charge in [0, 0.05) is 5.92 Å². The number of Topliss-reactive ketones (excluding diaryl/α,β-unsaturated/α-hetero) is 1. The van der Waals surface area contributed by atoms with Gasteiger partial charge < -0.3 is 10.1 Å². The topological polar surface area (TPSA) is 55.4 Å². The van der Waals surface area contributed by atoms with Crippen molar-refractivity contribution in [1.82, 2.24) is 5.32 Å². The van der Waals surface area contributed by atoms with Crippen LogP contribution in [0.3, 0.4) is 0 Å². The zero-order chi connectivity index (χ0) is 12.3. The molecule has 1 heterocycles. The second kappa shape index (κ2) is 5.15. The van der Waals surface area contributed by atoms with Gasteiger partial charge in [-0.2, -0.15) is 0 Å². The molecule has 2 unspecified atom stereocenters. The monoisotopic (exact) mass is 247 g/mol. The summed E-state index contributed by atoms with van der Waals surface area (Å²) >= 11 is 5.51. The fourth-order valence-corrected chi connectivity index (χ4v) is 1.96. The van der Waals surface area contributed by atoms with Crippen LogP contribution in [-0.4, -0.2) is 35.8 Å². The Morgan fingerprint density at radius 1 is 1.44 bits per heavy atom. The minimum absolute atomic E-state index is 0.0500. The van der Waals surface area contributed by atoms with Crippen LogP contribution >= 0.6 is 11.6 Å². The van der Waals surface area contributed by atoms with Gasteiger partial charge in [0.05, 0.1) is 5.88 Å². The molecule has 0 bridgehead atoms. The summed E-state index contributed by atoms with van der Waals surface area (Å²) in [5.74, 6) is -0.852. The number of hydrogen-bond acceptors (Lipinski definition) is 4. The largest absolute Gasteiger partial charge is 0.459 e. The third kappa shape index (κ3) is 3.46. The number of carbonyl (C=O) groups is 2. The molecule has 1 saturated heterocycles. The Balaban J connectivity index is 2.65. The number of nitrogens with one attached hydrogen (secondary N) is 1. The molecule has 0 aromatic rings. The van der Waals surface area contributed by atoms with Gasteiger partial charge in [0.2, 0.25) is 0 Å². The first-order valence-corrected chi connectivity index (χ1v) is 5.93. The molecular weight excluding hydrogens is 230 g/mol. The van der Waals surface area contributed by atoms with Gasteiger partial charge in [-0.3, -0.25) is 9.59 Å². The average Bonchev–Trinajstić information content (AvgIpc) is 2.62. The summed E-state index contributed by atoms with van der Waals surface area (Å²) in [4.78, 5) is 23.3. The van der Waals surface area contributed by atoms with E-state index < -0.39 is 11.6 Å². The zero-order valence-electron chi connectivity index (χ0n) is 9.88. The normalized spacial score (nSPS) is 25.5. The predicted octanol–water partition coefficient (Wildman–Crippen LogP) is 1.11. The number of esters is 1. The van der Waals surface area contributed by atoms with Crippen molar-refractivity contribution < 1.29 is 14.3 Å². The van der Waals surface area contributed by atoms with Crippen molar-refractivity contribution in [2.45, 2.75) is 38.8 Å². The molecular formula is C11H18ClNO3. The van der Waals surface area contributed by atoms with Gasteiger partial charge in [-0.05, 0) is 33.7 Å². The lowest BCUT2D eigenvalue weighted by Gasteiger charge is -2.24. The van der Waals surface area contributed by atoms with Crippen LogP contribution in [0.5, 0.6) is 0 Å². The molecule has 0 amide bonds. The number of halogens is 1. The molecule has 5 heteroatoms. The standard InChI is InChI=1S/C11H18ClNO3/c1-11(2,3)16-10(15)9-7(4-5-13-9)8(14)6-12/h7,9,13H,4-6H2,1-3H3. The van der Waals surface area contributed by atoms with Crippen LogP contribution in [0.1, 0.15) is 27.2 Å². The van der Waals surface area contributed by atoms with Gasteiger partial charge in [-0.25, -0.2) is 0 Å². The summed E-state index contributed by atoms with van der Waals surface area (Å²) in [6.07, 6.45) is 0.648. The highest BCUT2D eigenvalue weighted by atomic mass is 35.5. The molecule has 1 fully saturated rings. The Morgan fingerprint density at radius 2 is 2.06 bits per heavy atom. The molecule has 1 rings (SSSR count). The van der Waals surface area contributed by atoms with Gasteiger partial charge in [-0.15, -0.1) is 11.6 Å². The zero-order valence-corrected chi connectivity index (χ0v) is 10.6. The minimum Gasteiger partial charge on any atom is -0.459 e. The van der Waals surface area contributed by atoms with Crippen LogP contribution in [0, 0.1) is 5.92 Å². The minimum atomic E-state index is -0.537. The highest BCUT2D eigenvalue weighted by Gasteiger charge is 2.39. The van der Waals surface area contributed by atoms with Crippen molar-refractivity contribution in [1.29, 1.82) is 0 Å². The van der Waals surface area contributed by atoms with E-state index in [9.17, 15) is 9.59 Å². The Morgan fingerprint density at radius 3 is 2.56 bits per heavy atom. The Kier molecular flexibility index (Phi) is 4.33. The number of ketones is 1. The van der Waals surface area contributed by atoms with Crippen LogP contribution in [0.15, 0.2) is 0 Å². The molecule has 1 N–H and O–H groups in total. The fraction of sp³-hybridized carbons (Fsp3) is 0.818. The lowest BCUT2D eigenvalue weighted by atomic mass is 9.96. The Labute approximate surface area is 101 Å². The van der Waals surface area contributed by atoms with E-state index in [0.717, 1.165) is 0 Å². The maximum Gasteiger partial charge on any atom is 0.324 e. The van der Waals surface area contributed by atoms with Gasteiger partial charge in [0.1, 0.15) is 11.6 Å². The van der Waals surface area contributed by atoms with E-state index in [2.05, 4.69) is 5.32 Å². The number of alkyl halides is 1. The lowest BCUT2D eigenvalue weighted by Crippen LogP contribution is -2.43. The van der Waals surface area contributed by atoms with E-state index in [1.165, 1.54) is 0 Å². The smallest absolute Gasteiger partial charge is 0.324 e. The van der Waals surface area contributed by atoms with Crippen molar-refractivity contribution in [3.05, 3.63) is 0 Å². The van der Waals surface area contributed by atoms with E-state index >= 15 is 0 Å². The number of ether oxygens (including phenoxy) is 1. The first-order valence-electron chi connectivity index (χ1n) is 5.40. The van der Waals surface area contributed by atoms with E-state index in [1.807, 2.05) is 0 Å². The molecule has 0 spiro atoms. The van der Waals surface area contributed by atoms with E-state index in [4.69, 9.17) is 16.3 Å². The fourth-order valence-electron chi connectivity index (χ4n) is 1.76. The van der Waals surface area contributed by atoms with E-state index in [-0.39, 0.29) is 23.6 Å². The van der Waals surface area contributed by atoms with Crippen LogP contribution in [-0.2, 0) is 14.3 Å². The highest BCUT2D eigenvalue weighted by Crippen LogP contribution is 2.20. The molecule has 1 aliphatic rings. The predicted molar refractivity (Wildman–Crippen MR) is 61.5 cm³/mol. The Bertz CT molecular complexity index is 285. The first kappa shape index (κ1) is 13.5. The number of hydrogen-bond donors (Lipinski definition) is 1. The van der Waals surface area contributed by atoms with E-state index in [1.54, 1.807) is 20.8 Å². The summed E-state index contributed by atoms with van der Waals surface area (Å²) in [7, 11) is 0. The highest BCUT2D eigenvalue weighted by molar-refractivity contribution is 6.28. The van der Waals surface area contributed by atoms with Crippen LogP contribution < -0.4 is 5.32 Å². The third-order valence-corrected chi connectivity index (χ3v) is 2.69. The molecule has 2 atom stereocenters. The van der Waals surface area contributed by atoms with Crippen molar-refractivity contribution in [3.8, 4) is 0 Å². The molecule has 1 aliphatic heterocycles. The molecule has 0 aromatic carbocycles. The number of carbonyl (C=O) groups excluding carboxylic acids is 2. The molecule has 0 saturated carbocycles. The van der Waals surface area contributed by atoms with Crippen LogP contribution in [0.4, 0.5) is 0 Å². The molecule has 0 radical (unpaired) electrons. The van der Waals surface area contributed by atoms with Crippen molar-refractivity contribution in [2.75, 3.05) is 12.4 Å². The number of rotatable bonds is 3. The average molecular weight is 248 g/mol. The summed E-state index contributed by atoms with van der Waals surface area (Å²) in [6, 6.07) is -0.537. The third-order valence-electron chi connectivity index (χ3n) is 2.43. The van der Waals surface area contributed by atoms with Crippen LogP contribution in [0.25, 0.3) is 0 Å². The molecule has 4 nitrogen and oxygen atoms in total. The first-order chi connectivity index (χ1) is 7.35. The van der Waals surface area contributed by atoms with Crippen molar-refractivity contribution >= 4 is 23.4 Å². The summed E-state index contributed by atoms with van der Waals surface area (Å²) in [5.41, 5.74) is -0.532. The van der Waals surface area contributed by atoms with Gasteiger partial charge in [0.15, 0.2) is 5.78 Å². The summed E-state index contributed by atoms with van der Waals surface area (Å²) in [6.45, 7) is 6.06. The lowest BCUT2D eigenvalue weighted by molar-refractivity contribution is -0.159. The molecule has 0 aromatic heterocycles. The second-order valence-corrected chi connectivity index (χ2v) is 5.23. The SMILES string of the molecule is CC(C)(C)OC(=O)C1NCCC1C(=O)CCl. The molecule has 92 valence electrons. The Hall–Kier alpha value is -0.610. The van der Waals surface area contributed by atoms with Crippen LogP contribution in [0.2, 0.25) is 0 Å². The molecule has 0 aliphatic carbocycles. The summed E-state index contributed by atoms with van der Waals surface area (Å²) in [5, 5.41) is 2.99. The maximum absolute atomic E-state index is 11.8. The second-order valence-electron chi connectivity index (χ2n) is 4.96. The van der Waals surface area contributed by atoms with Gasteiger partial charge >= 0.3 is 5.97 Å². The summed E-state index contributed by atoms with van der Waals surface area (Å²) < 4.78 is 5.25.